The number of aromatic hydroxyl groups is 1. The maximum atomic E-state index is 12.1. The van der Waals surface area contributed by atoms with Gasteiger partial charge in [-0.25, -0.2) is 0 Å². The SMILES string of the molecule is CN(C(=O)c1ccc(N)c(O)c1)C(C)(C)CO. The molecule has 0 aliphatic carbocycles. The third kappa shape index (κ3) is 2.68. The van der Waals surface area contributed by atoms with Crippen molar-refractivity contribution in [3.8, 4) is 5.75 Å². The van der Waals surface area contributed by atoms with E-state index in [1.807, 2.05) is 0 Å². The largest absolute Gasteiger partial charge is 0.506 e. The molecule has 0 aliphatic rings. The summed E-state index contributed by atoms with van der Waals surface area (Å²) in [6.07, 6.45) is 0. The van der Waals surface area contributed by atoms with Crippen LogP contribution in [0.25, 0.3) is 0 Å². The van der Waals surface area contributed by atoms with Crippen molar-refractivity contribution in [3.63, 3.8) is 0 Å². The molecular formula is C12H18N2O3. The number of rotatable bonds is 3. The number of nitrogen functional groups attached to an aromatic ring is 1. The topological polar surface area (TPSA) is 86.8 Å². The molecule has 1 aromatic carbocycles. The number of nitrogens with zero attached hydrogens (tertiary/aromatic N) is 1. The predicted octanol–water partition coefficient (Wildman–Crippen LogP) is 0.817. The molecule has 0 atom stereocenters. The maximum Gasteiger partial charge on any atom is 0.254 e. The van der Waals surface area contributed by atoms with Crippen LogP contribution >= 0.6 is 0 Å². The summed E-state index contributed by atoms with van der Waals surface area (Å²) in [4.78, 5) is 13.5. The van der Waals surface area contributed by atoms with E-state index in [4.69, 9.17) is 5.73 Å². The van der Waals surface area contributed by atoms with Gasteiger partial charge in [-0.3, -0.25) is 4.79 Å². The summed E-state index contributed by atoms with van der Waals surface area (Å²) in [7, 11) is 1.60. The molecule has 0 bridgehead atoms. The molecule has 94 valence electrons. The highest BCUT2D eigenvalue weighted by atomic mass is 16.3. The first kappa shape index (κ1) is 13.3. The van der Waals surface area contributed by atoms with Crippen LogP contribution in [0.3, 0.4) is 0 Å². The van der Waals surface area contributed by atoms with Crippen LogP contribution in [0.4, 0.5) is 5.69 Å². The summed E-state index contributed by atoms with van der Waals surface area (Å²) in [5.74, 6) is -0.398. The number of hydrogen-bond acceptors (Lipinski definition) is 4. The molecule has 0 saturated heterocycles. The van der Waals surface area contributed by atoms with E-state index in [0.717, 1.165) is 0 Å². The van der Waals surface area contributed by atoms with Crippen molar-refractivity contribution >= 4 is 11.6 Å². The lowest BCUT2D eigenvalue weighted by atomic mass is 10.0. The molecule has 5 heteroatoms. The first-order chi connectivity index (χ1) is 7.79. The fraction of sp³-hybridized carbons (Fsp3) is 0.417. The molecule has 1 aromatic rings. The summed E-state index contributed by atoms with van der Waals surface area (Å²) in [6.45, 7) is 3.36. The molecule has 0 fully saturated rings. The fourth-order valence-electron chi connectivity index (χ4n) is 1.25. The number of likely N-dealkylation sites (N-methyl/N-ethyl adjacent to an activating group) is 1. The van der Waals surface area contributed by atoms with Gasteiger partial charge in [-0.05, 0) is 32.0 Å². The Balaban J connectivity index is 3.01. The number of aliphatic hydroxyl groups excluding tert-OH is 1. The van der Waals surface area contributed by atoms with Crippen molar-refractivity contribution < 1.29 is 15.0 Å². The van der Waals surface area contributed by atoms with E-state index in [-0.39, 0.29) is 24.0 Å². The van der Waals surface area contributed by atoms with E-state index in [0.29, 0.717) is 5.56 Å². The number of aliphatic hydroxyl groups is 1. The van der Waals surface area contributed by atoms with Gasteiger partial charge >= 0.3 is 0 Å². The molecular weight excluding hydrogens is 220 g/mol. The van der Waals surface area contributed by atoms with Gasteiger partial charge in [0, 0.05) is 12.6 Å². The third-order valence-electron chi connectivity index (χ3n) is 2.88. The minimum atomic E-state index is -0.659. The van der Waals surface area contributed by atoms with Crippen molar-refractivity contribution in [1.29, 1.82) is 0 Å². The zero-order valence-corrected chi connectivity index (χ0v) is 10.3. The number of carbonyl (C=O) groups is 1. The van der Waals surface area contributed by atoms with E-state index in [2.05, 4.69) is 0 Å². The van der Waals surface area contributed by atoms with Gasteiger partial charge in [0.15, 0.2) is 0 Å². The van der Waals surface area contributed by atoms with Gasteiger partial charge in [-0.2, -0.15) is 0 Å². The van der Waals surface area contributed by atoms with Crippen LogP contribution in [0, 0.1) is 0 Å². The van der Waals surface area contributed by atoms with Crippen LogP contribution in [-0.2, 0) is 0 Å². The summed E-state index contributed by atoms with van der Waals surface area (Å²) in [5.41, 5.74) is 5.36. The number of benzene rings is 1. The molecule has 0 unspecified atom stereocenters. The highest BCUT2D eigenvalue weighted by Gasteiger charge is 2.27. The molecule has 5 nitrogen and oxygen atoms in total. The third-order valence-corrected chi connectivity index (χ3v) is 2.88. The first-order valence-electron chi connectivity index (χ1n) is 5.27. The Hall–Kier alpha value is -1.75. The van der Waals surface area contributed by atoms with Crippen LogP contribution in [0.15, 0.2) is 18.2 Å². The van der Waals surface area contributed by atoms with Gasteiger partial charge in [0.05, 0.1) is 17.8 Å². The van der Waals surface area contributed by atoms with Crippen LogP contribution in [0.2, 0.25) is 0 Å². The van der Waals surface area contributed by atoms with Gasteiger partial charge < -0.3 is 20.8 Å². The number of phenols is 1. The summed E-state index contributed by atoms with van der Waals surface area (Å²) < 4.78 is 0. The minimum absolute atomic E-state index is 0.119. The molecule has 0 aromatic heterocycles. The lowest BCUT2D eigenvalue weighted by Crippen LogP contribution is -2.47. The molecule has 1 amide bonds. The lowest BCUT2D eigenvalue weighted by Gasteiger charge is -2.34. The Labute approximate surface area is 100 Å². The van der Waals surface area contributed by atoms with Gasteiger partial charge in [0.25, 0.3) is 5.91 Å². The second kappa shape index (κ2) is 4.63. The van der Waals surface area contributed by atoms with Crippen molar-refractivity contribution in [2.24, 2.45) is 0 Å². The highest BCUT2D eigenvalue weighted by molar-refractivity contribution is 5.95. The zero-order chi connectivity index (χ0) is 13.2. The van der Waals surface area contributed by atoms with E-state index in [1.165, 1.54) is 17.0 Å². The Kier molecular flexibility index (Phi) is 3.63. The van der Waals surface area contributed by atoms with Gasteiger partial charge in [-0.15, -0.1) is 0 Å². The number of hydrogen-bond donors (Lipinski definition) is 3. The lowest BCUT2D eigenvalue weighted by molar-refractivity contribution is 0.0473. The van der Waals surface area contributed by atoms with E-state index in [1.54, 1.807) is 27.0 Å². The minimum Gasteiger partial charge on any atom is -0.506 e. The average Bonchev–Trinajstić information content (AvgIpc) is 2.30. The predicted molar refractivity (Wildman–Crippen MR) is 65.8 cm³/mol. The summed E-state index contributed by atoms with van der Waals surface area (Å²) >= 11 is 0. The van der Waals surface area contributed by atoms with Crippen LogP contribution in [-0.4, -0.2) is 40.2 Å². The summed E-state index contributed by atoms with van der Waals surface area (Å²) in [6, 6.07) is 4.34. The van der Waals surface area contributed by atoms with Crippen LogP contribution in [0.1, 0.15) is 24.2 Å². The Bertz CT molecular complexity index is 430. The average molecular weight is 238 g/mol. The Morgan fingerprint density at radius 3 is 2.53 bits per heavy atom. The molecule has 0 aliphatic heterocycles. The normalized spacial score (nSPS) is 11.3. The molecule has 4 N–H and O–H groups in total. The molecule has 17 heavy (non-hydrogen) atoms. The Morgan fingerprint density at radius 1 is 1.47 bits per heavy atom. The number of carbonyl (C=O) groups excluding carboxylic acids is 1. The standard InChI is InChI=1S/C12H18N2O3/c1-12(2,7-15)14(3)11(17)8-4-5-9(13)10(16)6-8/h4-6,15-16H,7,13H2,1-3H3. The molecule has 1 rings (SSSR count). The first-order valence-corrected chi connectivity index (χ1v) is 5.27. The monoisotopic (exact) mass is 238 g/mol. The van der Waals surface area contributed by atoms with E-state index >= 15 is 0 Å². The fourth-order valence-corrected chi connectivity index (χ4v) is 1.25. The van der Waals surface area contributed by atoms with Crippen molar-refractivity contribution in [2.75, 3.05) is 19.4 Å². The molecule has 0 heterocycles. The number of nitrogens with two attached hydrogens (primary N) is 1. The van der Waals surface area contributed by atoms with Gasteiger partial charge in [0.2, 0.25) is 0 Å². The molecule has 0 radical (unpaired) electrons. The van der Waals surface area contributed by atoms with Crippen molar-refractivity contribution in [2.45, 2.75) is 19.4 Å². The summed E-state index contributed by atoms with van der Waals surface area (Å²) in [5, 5.41) is 18.6. The Morgan fingerprint density at radius 2 is 2.06 bits per heavy atom. The maximum absolute atomic E-state index is 12.1. The molecule has 0 spiro atoms. The number of amides is 1. The zero-order valence-electron chi connectivity index (χ0n) is 10.3. The van der Waals surface area contributed by atoms with Gasteiger partial charge in [-0.1, -0.05) is 0 Å². The van der Waals surface area contributed by atoms with Gasteiger partial charge in [0.1, 0.15) is 5.75 Å². The second-order valence-corrected chi connectivity index (χ2v) is 4.61. The van der Waals surface area contributed by atoms with Crippen LogP contribution < -0.4 is 5.73 Å². The smallest absolute Gasteiger partial charge is 0.254 e. The van der Waals surface area contributed by atoms with E-state index in [9.17, 15) is 15.0 Å². The highest BCUT2D eigenvalue weighted by Crippen LogP contribution is 2.23. The van der Waals surface area contributed by atoms with E-state index < -0.39 is 5.54 Å². The second-order valence-electron chi connectivity index (χ2n) is 4.61. The molecule has 0 saturated carbocycles. The quantitative estimate of drug-likeness (QED) is 0.537. The number of phenolic OH excluding ortho intramolecular Hbond substituents is 1. The van der Waals surface area contributed by atoms with Crippen molar-refractivity contribution in [3.05, 3.63) is 23.8 Å². The number of anilines is 1. The van der Waals surface area contributed by atoms with Crippen molar-refractivity contribution in [1.82, 2.24) is 4.90 Å². The van der Waals surface area contributed by atoms with Crippen LogP contribution in [0.5, 0.6) is 5.75 Å².